The van der Waals surface area contributed by atoms with E-state index in [2.05, 4.69) is 20.5 Å². The van der Waals surface area contributed by atoms with Crippen molar-refractivity contribution < 1.29 is 4.39 Å². The number of benzene rings is 1. The topological polar surface area (TPSA) is 86.6 Å². The Morgan fingerprint density at radius 2 is 2.00 bits per heavy atom. The minimum absolute atomic E-state index is 0.355. The molecule has 0 radical (unpaired) electrons. The van der Waals surface area contributed by atoms with Gasteiger partial charge in [0.2, 0.25) is 0 Å². The van der Waals surface area contributed by atoms with E-state index in [0.29, 0.717) is 18.1 Å². The molecule has 0 atom stereocenters. The number of fused-ring (bicyclic) bond motifs is 1. The van der Waals surface area contributed by atoms with E-state index < -0.39 is 0 Å². The van der Waals surface area contributed by atoms with Crippen LogP contribution in [0.25, 0.3) is 10.9 Å². The Balaban J connectivity index is 1.66. The third-order valence-electron chi connectivity index (χ3n) is 3.82. The van der Waals surface area contributed by atoms with Gasteiger partial charge in [0.25, 0.3) is 0 Å². The van der Waals surface area contributed by atoms with Gasteiger partial charge in [0.1, 0.15) is 11.6 Å². The average molecular weight is 337 g/mol. The van der Waals surface area contributed by atoms with E-state index >= 15 is 0 Å². The molecule has 0 saturated heterocycles. The highest BCUT2D eigenvalue weighted by atomic mass is 19.1. The van der Waals surface area contributed by atoms with Gasteiger partial charge in [0, 0.05) is 36.6 Å². The lowest BCUT2D eigenvalue weighted by molar-refractivity contribution is 0.622. The predicted octanol–water partition coefficient (Wildman–Crippen LogP) is 2.68. The van der Waals surface area contributed by atoms with E-state index in [0.717, 1.165) is 22.2 Å². The van der Waals surface area contributed by atoms with Crippen LogP contribution in [0.15, 0.2) is 49.1 Å². The average Bonchev–Trinajstić information content (AvgIpc) is 3.13. The van der Waals surface area contributed by atoms with Crippen molar-refractivity contribution >= 4 is 28.1 Å². The molecular formula is C17H16FN7. The highest BCUT2D eigenvalue weighted by Gasteiger charge is 2.08. The van der Waals surface area contributed by atoms with Gasteiger partial charge in [-0.15, -0.1) is 0 Å². The van der Waals surface area contributed by atoms with Crippen molar-refractivity contribution in [2.24, 2.45) is 7.05 Å². The Morgan fingerprint density at radius 3 is 2.76 bits per heavy atom. The first-order chi connectivity index (χ1) is 12.1. The minimum atomic E-state index is -0.355. The van der Waals surface area contributed by atoms with Crippen molar-refractivity contribution in [1.29, 1.82) is 0 Å². The predicted molar refractivity (Wildman–Crippen MR) is 93.9 cm³/mol. The molecule has 0 aliphatic heterocycles. The van der Waals surface area contributed by atoms with Crippen LogP contribution in [0.1, 0.15) is 5.56 Å². The van der Waals surface area contributed by atoms with Crippen LogP contribution in [-0.2, 0) is 13.6 Å². The molecule has 8 heteroatoms. The zero-order valence-corrected chi connectivity index (χ0v) is 13.5. The van der Waals surface area contributed by atoms with Crippen LogP contribution in [-0.4, -0.2) is 24.5 Å². The molecule has 0 fully saturated rings. The lowest BCUT2D eigenvalue weighted by atomic mass is 10.2. The van der Waals surface area contributed by atoms with E-state index in [1.807, 2.05) is 19.3 Å². The van der Waals surface area contributed by atoms with Gasteiger partial charge < -0.3 is 11.1 Å². The number of aryl methyl sites for hydroxylation is 1. The highest BCUT2D eigenvalue weighted by Crippen LogP contribution is 2.21. The summed E-state index contributed by atoms with van der Waals surface area (Å²) in [4.78, 5) is 4.38. The van der Waals surface area contributed by atoms with Crippen molar-refractivity contribution in [3.63, 3.8) is 0 Å². The van der Waals surface area contributed by atoms with Crippen LogP contribution in [0.2, 0.25) is 0 Å². The summed E-state index contributed by atoms with van der Waals surface area (Å²) < 4.78 is 17.0. The van der Waals surface area contributed by atoms with E-state index in [4.69, 9.17) is 5.73 Å². The number of anilines is 3. The van der Waals surface area contributed by atoms with Gasteiger partial charge in [-0.25, -0.2) is 9.37 Å². The maximum atomic E-state index is 13.5. The molecule has 1 aromatic carbocycles. The number of hydrogen-bond acceptors (Lipinski definition) is 5. The third kappa shape index (κ3) is 3.14. The van der Waals surface area contributed by atoms with Crippen LogP contribution in [0.3, 0.4) is 0 Å². The number of nitrogen functional groups attached to an aromatic ring is 1. The number of rotatable bonds is 4. The van der Waals surface area contributed by atoms with Crippen molar-refractivity contribution in [3.8, 4) is 0 Å². The Morgan fingerprint density at radius 1 is 1.12 bits per heavy atom. The van der Waals surface area contributed by atoms with E-state index in [9.17, 15) is 4.39 Å². The summed E-state index contributed by atoms with van der Waals surface area (Å²) in [6.45, 7) is 0.418. The smallest absolute Gasteiger partial charge is 0.132 e. The lowest BCUT2D eigenvalue weighted by Crippen LogP contribution is -2.03. The molecule has 25 heavy (non-hydrogen) atoms. The fourth-order valence-electron chi connectivity index (χ4n) is 2.74. The SMILES string of the molecule is Cn1cc(Nc2cc3c(cn2)cnn3Cc2cc(N)cc(F)c2)cn1. The molecule has 4 aromatic rings. The summed E-state index contributed by atoms with van der Waals surface area (Å²) in [5, 5.41) is 12.6. The third-order valence-corrected chi connectivity index (χ3v) is 3.82. The molecule has 3 heterocycles. The summed E-state index contributed by atoms with van der Waals surface area (Å²) >= 11 is 0. The maximum absolute atomic E-state index is 13.5. The van der Waals surface area contributed by atoms with Crippen LogP contribution in [0.5, 0.6) is 0 Å². The van der Waals surface area contributed by atoms with E-state index in [1.54, 1.807) is 34.0 Å². The van der Waals surface area contributed by atoms with Gasteiger partial charge >= 0.3 is 0 Å². The largest absolute Gasteiger partial charge is 0.399 e. The Kier molecular flexibility index (Phi) is 3.57. The second-order valence-electron chi connectivity index (χ2n) is 5.85. The van der Waals surface area contributed by atoms with Crippen LogP contribution in [0, 0.1) is 5.82 Å². The van der Waals surface area contributed by atoms with Gasteiger partial charge in [-0.3, -0.25) is 9.36 Å². The van der Waals surface area contributed by atoms with Gasteiger partial charge in [-0.05, 0) is 23.8 Å². The molecule has 0 saturated carbocycles. The number of halogens is 1. The number of aromatic nitrogens is 5. The van der Waals surface area contributed by atoms with Gasteiger partial charge in [-0.2, -0.15) is 10.2 Å². The molecule has 3 aromatic heterocycles. The first-order valence-corrected chi connectivity index (χ1v) is 7.69. The Labute approximate surface area is 142 Å². The number of pyridine rings is 1. The molecule has 0 amide bonds. The van der Waals surface area contributed by atoms with Crippen molar-refractivity contribution in [3.05, 3.63) is 60.4 Å². The molecule has 4 rings (SSSR count). The second-order valence-corrected chi connectivity index (χ2v) is 5.85. The van der Waals surface area contributed by atoms with E-state index in [1.165, 1.54) is 12.1 Å². The molecule has 7 nitrogen and oxygen atoms in total. The van der Waals surface area contributed by atoms with Gasteiger partial charge in [-0.1, -0.05) is 0 Å². The maximum Gasteiger partial charge on any atom is 0.132 e. The fourth-order valence-corrected chi connectivity index (χ4v) is 2.74. The molecule has 3 N–H and O–H groups in total. The lowest BCUT2D eigenvalue weighted by Gasteiger charge is -2.07. The van der Waals surface area contributed by atoms with Crippen LogP contribution in [0.4, 0.5) is 21.6 Å². The summed E-state index contributed by atoms with van der Waals surface area (Å²) in [7, 11) is 1.85. The number of nitrogens with two attached hydrogens (primary N) is 1. The zero-order chi connectivity index (χ0) is 17.4. The summed E-state index contributed by atoms with van der Waals surface area (Å²) in [6, 6.07) is 6.40. The van der Waals surface area contributed by atoms with Crippen molar-refractivity contribution in [1.82, 2.24) is 24.5 Å². The summed E-state index contributed by atoms with van der Waals surface area (Å²) in [5.41, 5.74) is 8.60. The number of hydrogen-bond donors (Lipinski definition) is 2. The van der Waals surface area contributed by atoms with Crippen molar-refractivity contribution in [2.75, 3.05) is 11.1 Å². The molecule has 126 valence electrons. The van der Waals surface area contributed by atoms with Crippen molar-refractivity contribution in [2.45, 2.75) is 6.54 Å². The van der Waals surface area contributed by atoms with E-state index in [-0.39, 0.29) is 5.82 Å². The Hall–Kier alpha value is -3.42. The summed E-state index contributed by atoms with van der Waals surface area (Å²) in [5.74, 6) is 0.327. The minimum Gasteiger partial charge on any atom is -0.399 e. The second kappa shape index (κ2) is 5.90. The monoisotopic (exact) mass is 337 g/mol. The van der Waals surface area contributed by atoms with Crippen LogP contribution < -0.4 is 11.1 Å². The number of nitrogens with zero attached hydrogens (tertiary/aromatic N) is 5. The fraction of sp³-hybridized carbons (Fsp3) is 0.118. The molecule has 0 spiro atoms. The molecule has 0 bridgehead atoms. The molecule has 0 aliphatic rings. The summed E-state index contributed by atoms with van der Waals surface area (Å²) in [6.07, 6.45) is 7.06. The molecule has 0 unspecified atom stereocenters. The van der Waals surface area contributed by atoms with Gasteiger partial charge in [0.05, 0.1) is 30.1 Å². The van der Waals surface area contributed by atoms with Gasteiger partial charge in [0.15, 0.2) is 0 Å². The number of nitrogens with one attached hydrogen (secondary N) is 1. The van der Waals surface area contributed by atoms with Crippen LogP contribution >= 0.6 is 0 Å². The first-order valence-electron chi connectivity index (χ1n) is 7.69. The normalized spacial score (nSPS) is 11.1. The standard InChI is InChI=1S/C17H16FN7/c1-24-10-15(8-21-24)23-17-5-16-12(6-20-17)7-22-25(16)9-11-2-13(18)4-14(19)3-11/h2-8,10H,9,19H2,1H3,(H,20,23). The molecular weight excluding hydrogens is 321 g/mol. The quantitative estimate of drug-likeness (QED) is 0.559. The Bertz CT molecular complexity index is 1030. The molecule has 0 aliphatic carbocycles. The first kappa shape index (κ1) is 15.1. The highest BCUT2D eigenvalue weighted by molar-refractivity contribution is 5.81. The zero-order valence-electron chi connectivity index (χ0n) is 13.5.